The number of anilines is 2. The van der Waals surface area contributed by atoms with E-state index in [0.717, 1.165) is 53.9 Å². The third kappa shape index (κ3) is 5.66. The average molecular weight is 417 g/mol. The largest absolute Gasteiger partial charge is 0.460 e. The zero-order valence-electron chi connectivity index (χ0n) is 17.3. The molecule has 0 radical (unpaired) electrons. The van der Waals surface area contributed by atoms with Crippen LogP contribution in [0.4, 0.5) is 15.8 Å². The summed E-state index contributed by atoms with van der Waals surface area (Å²) in [6.07, 6.45) is 2.90. The van der Waals surface area contributed by atoms with Crippen LogP contribution in [0.5, 0.6) is 0 Å². The number of carbonyl (C=O) groups is 1. The first-order valence-electron chi connectivity index (χ1n) is 10.1. The van der Waals surface area contributed by atoms with E-state index in [4.69, 9.17) is 4.74 Å². The van der Waals surface area contributed by atoms with Crippen molar-refractivity contribution in [1.82, 2.24) is 0 Å². The molecule has 0 saturated heterocycles. The molecule has 6 heteroatoms. The first-order valence-corrected chi connectivity index (χ1v) is 11.1. The summed E-state index contributed by atoms with van der Waals surface area (Å²) in [6, 6.07) is 11.7. The lowest BCUT2D eigenvalue weighted by atomic mass is 10.1. The van der Waals surface area contributed by atoms with Crippen LogP contribution in [0.1, 0.15) is 61.8 Å². The quantitative estimate of drug-likeness (QED) is 0.357. The third-order valence-corrected chi connectivity index (χ3v) is 6.06. The number of carbonyl (C=O) groups excluding carboxylic acids is 1. The molecule has 0 aromatic heterocycles. The highest BCUT2D eigenvalue weighted by molar-refractivity contribution is 7.99. The second-order valence-corrected chi connectivity index (χ2v) is 8.37. The third-order valence-electron chi connectivity index (χ3n) is 5.21. The van der Waals surface area contributed by atoms with Gasteiger partial charge in [0.05, 0.1) is 0 Å². The maximum absolute atomic E-state index is 14.2. The molecule has 1 aliphatic rings. The van der Waals surface area contributed by atoms with Gasteiger partial charge in [-0.2, -0.15) is 0 Å². The maximum Gasteiger partial charge on any atom is 0.293 e. The number of benzene rings is 2. The molecule has 1 fully saturated rings. The van der Waals surface area contributed by atoms with Crippen molar-refractivity contribution in [3.05, 3.63) is 58.9 Å². The number of nitrogens with one attached hydrogen (secondary N) is 1. The fourth-order valence-electron chi connectivity index (χ4n) is 3.49. The van der Waals surface area contributed by atoms with Gasteiger partial charge in [-0.1, -0.05) is 19.1 Å². The Hall–Kier alpha value is -2.21. The Morgan fingerprint density at radius 3 is 2.76 bits per heavy atom. The SMILES string of the molecule is CCCN(C)c1ccc(NSCc2ccc(C3CC3)c(F)c2)cc1C(C)OC=O. The fourth-order valence-corrected chi connectivity index (χ4v) is 4.20. The number of rotatable bonds is 11. The lowest BCUT2D eigenvalue weighted by Gasteiger charge is -2.25. The predicted octanol–water partition coefficient (Wildman–Crippen LogP) is 6.04. The van der Waals surface area contributed by atoms with Crippen molar-refractivity contribution >= 4 is 29.8 Å². The number of halogens is 1. The van der Waals surface area contributed by atoms with E-state index in [1.807, 2.05) is 44.3 Å². The van der Waals surface area contributed by atoms with Crippen LogP contribution in [-0.4, -0.2) is 20.1 Å². The molecule has 0 heterocycles. The Balaban J connectivity index is 1.66. The van der Waals surface area contributed by atoms with Gasteiger partial charge >= 0.3 is 0 Å². The summed E-state index contributed by atoms with van der Waals surface area (Å²) in [4.78, 5) is 13.0. The minimum atomic E-state index is -0.336. The molecule has 0 aliphatic heterocycles. The summed E-state index contributed by atoms with van der Waals surface area (Å²) in [6.45, 7) is 5.41. The molecule has 2 aromatic carbocycles. The highest BCUT2D eigenvalue weighted by Crippen LogP contribution is 2.41. The Morgan fingerprint density at radius 2 is 2.10 bits per heavy atom. The van der Waals surface area contributed by atoms with Crippen molar-refractivity contribution in [1.29, 1.82) is 0 Å². The number of ether oxygens (including phenoxy) is 1. The van der Waals surface area contributed by atoms with Gasteiger partial charge in [0.15, 0.2) is 0 Å². The Kier molecular flexibility index (Phi) is 7.42. The molecule has 0 spiro atoms. The molecule has 3 rings (SSSR count). The van der Waals surface area contributed by atoms with Crippen LogP contribution < -0.4 is 9.62 Å². The second-order valence-electron chi connectivity index (χ2n) is 7.59. The molecule has 1 aliphatic carbocycles. The Morgan fingerprint density at radius 1 is 1.31 bits per heavy atom. The zero-order chi connectivity index (χ0) is 20.8. The van der Waals surface area contributed by atoms with Crippen LogP contribution in [0.2, 0.25) is 0 Å². The van der Waals surface area contributed by atoms with Crippen molar-refractivity contribution < 1.29 is 13.9 Å². The van der Waals surface area contributed by atoms with Gasteiger partial charge in [-0.25, -0.2) is 4.39 Å². The van der Waals surface area contributed by atoms with Crippen LogP contribution in [0.3, 0.4) is 0 Å². The van der Waals surface area contributed by atoms with Gasteiger partial charge in [-0.05, 0) is 79.4 Å². The van der Waals surface area contributed by atoms with E-state index in [0.29, 0.717) is 18.1 Å². The highest BCUT2D eigenvalue weighted by Gasteiger charge is 2.26. The van der Waals surface area contributed by atoms with Gasteiger partial charge in [-0.3, -0.25) is 4.79 Å². The molecule has 29 heavy (non-hydrogen) atoms. The monoisotopic (exact) mass is 416 g/mol. The lowest BCUT2D eigenvalue weighted by molar-refractivity contribution is -0.133. The smallest absolute Gasteiger partial charge is 0.293 e. The molecule has 2 aromatic rings. The molecule has 1 atom stereocenters. The standard InChI is InChI=1S/C23H29FN2O2S/c1-4-11-26(3)23-10-8-19(13-21(23)16(2)28-15-27)25-29-14-17-5-9-20(18-6-7-18)22(24)12-17/h5,8-10,12-13,15-16,18,25H,4,6-7,11,14H2,1-3H3. The molecule has 4 nitrogen and oxygen atoms in total. The molecular weight excluding hydrogens is 387 g/mol. The summed E-state index contributed by atoms with van der Waals surface area (Å²) >= 11 is 1.52. The first kappa shape index (κ1) is 21.5. The topological polar surface area (TPSA) is 41.6 Å². The highest BCUT2D eigenvalue weighted by atomic mass is 32.2. The van der Waals surface area contributed by atoms with E-state index in [1.54, 1.807) is 6.07 Å². The number of hydrogen-bond acceptors (Lipinski definition) is 5. The number of hydrogen-bond donors (Lipinski definition) is 1. The minimum absolute atomic E-state index is 0.0870. The molecule has 156 valence electrons. The minimum Gasteiger partial charge on any atom is -0.460 e. The average Bonchev–Trinajstić information content (AvgIpc) is 3.53. The predicted molar refractivity (Wildman–Crippen MR) is 119 cm³/mol. The van der Waals surface area contributed by atoms with E-state index >= 15 is 0 Å². The van der Waals surface area contributed by atoms with Gasteiger partial charge in [0.2, 0.25) is 0 Å². The molecule has 1 saturated carbocycles. The van der Waals surface area contributed by atoms with E-state index in [9.17, 15) is 9.18 Å². The molecular formula is C23H29FN2O2S. The maximum atomic E-state index is 14.2. The molecule has 0 amide bonds. The van der Waals surface area contributed by atoms with E-state index in [-0.39, 0.29) is 11.9 Å². The van der Waals surface area contributed by atoms with Gasteiger partial charge in [0, 0.05) is 36.3 Å². The van der Waals surface area contributed by atoms with Crippen LogP contribution in [0, 0.1) is 5.82 Å². The van der Waals surface area contributed by atoms with Crippen LogP contribution >= 0.6 is 11.9 Å². The summed E-state index contributed by atoms with van der Waals surface area (Å²) in [5.74, 6) is 0.999. The van der Waals surface area contributed by atoms with Gasteiger partial charge in [0.1, 0.15) is 11.9 Å². The lowest BCUT2D eigenvalue weighted by Crippen LogP contribution is -2.20. The van der Waals surface area contributed by atoms with E-state index in [1.165, 1.54) is 11.9 Å². The van der Waals surface area contributed by atoms with E-state index in [2.05, 4.69) is 16.5 Å². The van der Waals surface area contributed by atoms with Crippen molar-refractivity contribution in [2.24, 2.45) is 0 Å². The van der Waals surface area contributed by atoms with E-state index < -0.39 is 0 Å². The summed E-state index contributed by atoms with van der Waals surface area (Å²) in [7, 11) is 2.04. The Bertz CT molecular complexity index is 842. The van der Waals surface area contributed by atoms with Crippen LogP contribution in [-0.2, 0) is 15.3 Å². The van der Waals surface area contributed by atoms with Crippen molar-refractivity contribution in [2.75, 3.05) is 23.2 Å². The van der Waals surface area contributed by atoms with Gasteiger partial charge in [0.25, 0.3) is 6.47 Å². The normalized spacial score (nSPS) is 14.3. The summed E-state index contributed by atoms with van der Waals surface area (Å²) in [5.41, 5.74) is 4.75. The fraction of sp³-hybridized carbons (Fsp3) is 0.435. The van der Waals surface area contributed by atoms with Crippen molar-refractivity contribution in [3.8, 4) is 0 Å². The zero-order valence-corrected chi connectivity index (χ0v) is 18.1. The molecule has 1 unspecified atom stereocenters. The van der Waals surface area contributed by atoms with Crippen LogP contribution in [0.15, 0.2) is 36.4 Å². The van der Waals surface area contributed by atoms with Gasteiger partial charge < -0.3 is 14.4 Å². The number of nitrogens with zero attached hydrogens (tertiary/aromatic N) is 1. The summed E-state index contributed by atoms with van der Waals surface area (Å²) < 4.78 is 22.7. The van der Waals surface area contributed by atoms with Crippen molar-refractivity contribution in [3.63, 3.8) is 0 Å². The first-order chi connectivity index (χ1) is 14.0. The Labute approximate surface area is 177 Å². The summed E-state index contributed by atoms with van der Waals surface area (Å²) in [5, 5.41) is 0. The molecule has 1 N–H and O–H groups in total. The van der Waals surface area contributed by atoms with Gasteiger partial charge in [-0.15, -0.1) is 0 Å². The van der Waals surface area contributed by atoms with Crippen molar-refractivity contribution in [2.45, 2.75) is 50.9 Å². The second kappa shape index (κ2) is 10.0. The van der Waals surface area contributed by atoms with Crippen LogP contribution in [0.25, 0.3) is 0 Å². The molecule has 0 bridgehead atoms.